The van der Waals surface area contributed by atoms with Gasteiger partial charge >= 0.3 is 0 Å². The zero-order chi connectivity index (χ0) is 18.4. The monoisotopic (exact) mass is 380 g/mol. The summed E-state index contributed by atoms with van der Waals surface area (Å²) in [5, 5.41) is 4.83. The molecule has 0 heterocycles. The average molecular weight is 381 g/mol. The first kappa shape index (κ1) is 18.6. The van der Waals surface area contributed by atoms with Gasteiger partial charge in [0.1, 0.15) is 0 Å². The van der Waals surface area contributed by atoms with Crippen LogP contribution in [-0.2, 0) is 5.75 Å². The van der Waals surface area contributed by atoms with Crippen LogP contribution < -0.4 is 5.84 Å². The summed E-state index contributed by atoms with van der Waals surface area (Å²) >= 11 is 7.94. The molecule has 0 saturated carbocycles. The molecular formula is C22H21ClN2S. The summed E-state index contributed by atoms with van der Waals surface area (Å²) in [7, 11) is 0. The summed E-state index contributed by atoms with van der Waals surface area (Å²) in [6, 6.07) is 24.5. The van der Waals surface area contributed by atoms with E-state index in [-0.39, 0.29) is 0 Å². The van der Waals surface area contributed by atoms with Crippen molar-refractivity contribution in [1.29, 1.82) is 0 Å². The fourth-order valence-electron chi connectivity index (χ4n) is 2.85. The van der Waals surface area contributed by atoms with E-state index in [1.165, 1.54) is 5.56 Å². The minimum absolute atomic E-state index is 0.722. The molecule has 0 bridgehead atoms. The van der Waals surface area contributed by atoms with Gasteiger partial charge in [-0.3, -0.25) is 0 Å². The van der Waals surface area contributed by atoms with Crippen molar-refractivity contribution in [3.05, 3.63) is 94.5 Å². The Morgan fingerprint density at radius 2 is 1.65 bits per heavy atom. The van der Waals surface area contributed by atoms with Gasteiger partial charge in [-0.25, -0.2) is 0 Å². The molecule has 2 N–H and O–H groups in total. The van der Waals surface area contributed by atoms with Crippen LogP contribution in [0.15, 0.2) is 77.9 Å². The van der Waals surface area contributed by atoms with E-state index >= 15 is 0 Å². The third kappa shape index (κ3) is 4.29. The fourth-order valence-corrected chi connectivity index (χ4v) is 3.61. The number of nitrogens with two attached hydrogens (primary N) is 1. The van der Waals surface area contributed by atoms with Crippen LogP contribution in [0, 0.1) is 0 Å². The van der Waals surface area contributed by atoms with Gasteiger partial charge in [0.2, 0.25) is 0 Å². The number of thioether (sulfide) groups is 1. The van der Waals surface area contributed by atoms with E-state index < -0.39 is 0 Å². The molecule has 2 nitrogen and oxygen atoms in total. The lowest BCUT2D eigenvalue weighted by Crippen LogP contribution is -2.08. The Bertz CT molecular complexity index is 887. The highest BCUT2D eigenvalue weighted by atomic mass is 35.5. The van der Waals surface area contributed by atoms with Crippen molar-refractivity contribution in [1.82, 2.24) is 0 Å². The van der Waals surface area contributed by atoms with Gasteiger partial charge in [0.25, 0.3) is 0 Å². The normalized spacial score (nSPS) is 11.5. The van der Waals surface area contributed by atoms with Crippen LogP contribution in [0.2, 0.25) is 5.02 Å². The molecule has 132 valence electrons. The highest BCUT2D eigenvalue weighted by Crippen LogP contribution is 2.27. The molecule has 3 rings (SSSR count). The summed E-state index contributed by atoms with van der Waals surface area (Å²) in [5.74, 6) is 7.93. The standard InChI is InChI=1S/C22H21ClN2S/c1-2-26-15-16-7-9-18(10-8-16)22(25-24)21-6-4-3-5-20(21)17-11-13-19(23)14-12-17/h3-14H,2,15,24H2,1H3. The largest absolute Gasteiger partial charge is 0.323 e. The predicted octanol–water partition coefficient (Wildman–Crippen LogP) is 5.97. The fraction of sp³-hybridized carbons (Fsp3) is 0.136. The van der Waals surface area contributed by atoms with E-state index in [0.717, 1.165) is 44.5 Å². The molecule has 0 aliphatic heterocycles. The maximum atomic E-state index is 6.03. The van der Waals surface area contributed by atoms with Crippen LogP contribution in [0.1, 0.15) is 23.6 Å². The number of benzene rings is 3. The molecule has 26 heavy (non-hydrogen) atoms. The second-order valence-electron chi connectivity index (χ2n) is 5.86. The lowest BCUT2D eigenvalue weighted by molar-refractivity contribution is 1.24. The number of nitrogens with zero attached hydrogens (tertiary/aromatic N) is 1. The summed E-state index contributed by atoms with van der Waals surface area (Å²) in [4.78, 5) is 0. The molecule has 0 atom stereocenters. The Morgan fingerprint density at radius 3 is 2.31 bits per heavy atom. The Hall–Kier alpha value is -2.23. The van der Waals surface area contributed by atoms with Gasteiger partial charge in [0.05, 0.1) is 5.71 Å². The van der Waals surface area contributed by atoms with E-state index in [2.05, 4.69) is 48.4 Å². The lowest BCUT2D eigenvalue weighted by atomic mass is 9.93. The van der Waals surface area contributed by atoms with E-state index in [1.807, 2.05) is 48.2 Å². The Balaban J connectivity index is 1.98. The molecule has 0 aliphatic rings. The summed E-state index contributed by atoms with van der Waals surface area (Å²) in [6.07, 6.45) is 0. The molecule has 0 aromatic heterocycles. The first-order chi connectivity index (χ1) is 12.7. The van der Waals surface area contributed by atoms with Crippen LogP contribution in [0.4, 0.5) is 0 Å². The first-order valence-electron chi connectivity index (χ1n) is 8.53. The number of hydrazone groups is 1. The third-order valence-corrected chi connectivity index (χ3v) is 5.36. The number of rotatable bonds is 6. The van der Waals surface area contributed by atoms with Gasteiger partial charge in [-0.1, -0.05) is 79.2 Å². The van der Waals surface area contributed by atoms with Crippen molar-refractivity contribution in [2.24, 2.45) is 10.9 Å². The second-order valence-corrected chi connectivity index (χ2v) is 7.57. The van der Waals surface area contributed by atoms with Crippen molar-refractivity contribution >= 4 is 29.1 Å². The summed E-state index contributed by atoms with van der Waals surface area (Å²) in [5.41, 5.74) is 6.28. The third-order valence-electron chi connectivity index (χ3n) is 4.17. The van der Waals surface area contributed by atoms with Crippen LogP contribution in [0.25, 0.3) is 11.1 Å². The number of hydrogen-bond donors (Lipinski definition) is 1. The van der Waals surface area contributed by atoms with Crippen LogP contribution in [-0.4, -0.2) is 11.5 Å². The molecular weight excluding hydrogens is 360 g/mol. The molecule has 0 amide bonds. The number of hydrogen-bond acceptors (Lipinski definition) is 3. The van der Waals surface area contributed by atoms with Gasteiger partial charge in [0.15, 0.2) is 0 Å². The van der Waals surface area contributed by atoms with E-state index in [4.69, 9.17) is 17.4 Å². The molecule has 0 aliphatic carbocycles. The van der Waals surface area contributed by atoms with Crippen molar-refractivity contribution in [3.63, 3.8) is 0 Å². The SMILES string of the molecule is CCSCc1ccc(C(=NN)c2ccccc2-c2ccc(Cl)cc2)cc1. The zero-order valence-electron chi connectivity index (χ0n) is 14.7. The van der Waals surface area contributed by atoms with Crippen molar-refractivity contribution < 1.29 is 0 Å². The van der Waals surface area contributed by atoms with Crippen molar-refractivity contribution in [3.8, 4) is 11.1 Å². The maximum Gasteiger partial charge on any atom is 0.0977 e. The zero-order valence-corrected chi connectivity index (χ0v) is 16.2. The van der Waals surface area contributed by atoms with E-state index in [1.54, 1.807) is 0 Å². The lowest BCUT2D eigenvalue weighted by Gasteiger charge is -2.13. The highest BCUT2D eigenvalue weighted by Gasteiger charge is 2.13. The Kier molecular flexibility index (Phi) is 6.37. The van der Waals surface area contributed by atoms with Crippen LogP contribution >= 0.6 is 23.4 Å². The Morgan fingerprint density at radius 1 is 0.962 bits per heavy atom. The predicted molar refractivity (Wildman–Crippen MR) is 115 cm³/mol. The summed E-state index contributed by atoms with van der Waals surface area (Å²) in [6.45, 7) is 2.17. The molecule has 0 spiro atoms. The molecule has 0 unspecified atom stereocenters. The van der Waals surface area contributed by atoms with Crippen molar-refractivity contribution in [2.45, 2.75) is 12.7 Å². The van der Waals surface area contributed by atoms with E-state index in [9.17, 15) is 0 Å². The molecule has 3 aromatic carbocycles. The van der Waals surface area contributed by atoms with Gasteiger partial charge in [0, 0.05) is 21.9 Å². The maximum absolute atomic E-state index is 6.03. The summed E-state index contributed by atoms with van der Waals surface area (Å²) < 4.78 is 0. The first-order valence-corrected chi connectivity index (χ1v) is 10.1. The molecule has 4 heteroatoms. The minimum atomic E-state index is 0.722. The Labute approximate surface area is 164 Å². The van der Waals surface area contributed by atoms with Crippen molar-refractivity contribution in [2.75, 3.05) is 5.75 Å². The minimum Gasteiger partial charge on any atom is -0.323 e. The van der Waals surface area contributed by atoms with Gasteiger partial charge < -0.3 is 5.84 Å². The quantitative estimate of drug-likeness (QED) is 0.325. The van der Waals surface area contributed by atoms with Crippen LogP contribution in [0.3, 0.4) is 0 Å². The smallest absolute Gasteiger partial charge is 0.0977 e. The van der Waals surface area contributed by atoms with Crippen LogP contribution in [0.5, 0.6) is 0 Å². The topological polar surface area (TPSA) is 38.4 Å². The molecule has 3 aromatic rings. The van der Waals surface area contributed by atoms with Gasteiger partial charge in [-0.15, -0.1) is 0 Å². The second kappa shape index (κ2) is 8.93. The molecule has 0 radical (unpaired) electrons. The molecule has 0 saturated heterocycles. The molecule has 0 fully saturated rings. The number of halogens is 1. The van der Waals surface area contributed by atoms with Gasteiger partial charge in [-0.05, 0) is 34.6 Å². The average Bonchev–Trinajstić information content (AvgIpc) is 2.69. The highest BCUT2D eigenvalue weighted by molar-refractivity contribution is 7.98. The van der Waals surface area contributed by atoms with E-state index in [0.29, 0.717) is 0 Å². The van der Waals surface area contributed by atoms with Gasteiger partial charge in [-0.2, -0.15) is 16.9 Å².